The van der Waals surface area contributed by atoms with Crippen molar-refractivity contribution in [2.45, 2.75) is 25.0 Å². The van der Waals surface area contributed by atoms with Crippen molar-refractivity contribution in [2.75, 3.05) is 19.7 Å². The summed E-state index contributed by atoms with van der Waals surface area (Å²) < 4.78 is 5.77. The number of hydrogen-bond acceptors (Lipinski definition) is 5. The fraction of sp³-hybridized carbons (Fsp3) is 0.583. The van der Waals surface area contributed by atoms with Crippen LogP contribution in [-0.4, -0.2) is 35.9 Å². The molecule has 0 bridgehead atoms. The largest absolute Gasteiger partial charge is 0.474 e. The molecule has 0 aromatic carbocycles. The monoisotopic (exact) mass is 237 g/mol. The summed E-state index contributed by atoms with van der Waals surface area (Å²) in [6.07, 6.45) is 3.94. The Balaban J connectivity index is 1.93. The van der Waals surface area contributed by atoms with Crippen LogP contribution in [0.5, 0.6) is 5.88 Å². The molecule has 1 atom stereocenters. The molecule has 2 heterocycles. The van der Waals surface area contributed by atoms with Crippen LogP contribution >= 0.6 is 0 Å². The molecule has 2 rings (SSSR count). The molecule has 1 aliphatic rings. The first-order valence-electron chi connectivity index (χ1n) is 5.99. The number of pyridine rings is 1. The summed E-state index contributed by atoms with van der Waals surface area (Å²) in [4.78, 5) is 4.21. The fourth-order valence-corrected chi connectivity index (χ4v) is 1.87. The van der Waals surface area contributed by atoms with E-state index in [2.05, 4.69) is 10.3 Å². The van der Waals surface area contributed by atoms with Crippen molar-refractivity contribution in [3.63, 3.8) is 0 Å². The van der Waals surface area contributed by atoms with Crippen molar-refractivity contribution in [3.05, 3.63) is 23.9 Å². The molecular formula is C12H19N3O2. The van der Waals surface area contributed by atoms with E-state index in [1.165, 1.54) is 0 Å². The first kappa shape index (κ1) is 12.3. The summed E-state index contributed by atoms with van der Waals surface area (Å²) in [5.74, 6) is 0.630. The highest BCUT2D eigenvalue weighted by atomic mass is 16.5. The molecule has 0 amide bonds. The molecule has 0 spiro atoms. The van der Waals surface area contributed by atoms with Gasteiger partial charge in [0.15, 0.2) is 0 Å². The van der Waals surface area contributed by atoms with E-state index in [-0.39, 0.29) is 18.8 Å². The predicted octanol–water partition coefficient (Wildman–Crippen LogP) is 0.204. The second-order valence-electron chi connectivity index (χ2n) is 4.29. The van der Waals surface area contributed by atoms with Crippen molar-refractivity contribution in [1.82, 2.24) is 10.3 Å². The minimum absolute atomic E-state index is 0.0732. The SMILES string of the molecule is N[C@@H](CO)c1ccc(OC2CCNCC2)nc1. The van der Waals surface area contributed by atoms with Gasteiger partial charge < -0.3 is 20.9 Å². The second-order valence-corrected chi connectivity index (χ2v) is 4.29. The van der Waals surface area contributed by atoms with Gasteiger partial charge in [-0.25, -0.2) is 4.98 Å². The van der Waals surface area contributed by atoms with Gasteiger partial charge in [0.1, 0.15) is 6.10 Å². The van der Waals surface area contributed by atoms with E-state index < -0.39 is 0 Å². The summed E-state index contributed by atoms with van der Waals surface area (Å²) in [5, 5.41) is 12.2. The Morgan fingerprint density at radius 3 is 2.82 bits per heavy atom. The Morgan fingerprint density at radius 1 is 1.47 bits per heavy atom. The Bertz CT molecular complexity index is 336. The number of piperidine rings is 1. The van der Waals surface area contributed by atoms with Crippen LogP contribution < -0.4 is 15.8 Å². The van der Waals surface area contributed by atoms with Gasteiger partial charge in [-0.1, -0.05) is 6.07 Å². The zero-order valence-corrected chi connectivity index (χ0v) is 9.80. The lowest BCUT2D eigenvalue weighted by Gasteiger charge is -2.23. The number of aromatic nitrogens is 1. The van der Waals surface area contributed by atoms with Crippen LogP contribution in [0.4, 0.5) is 0 Å². The van der Waals surface area contributed by atoms with Gasteiger partial charge in [0.25, 0.3) is 0 Å². The lowest BCUT2D eigenvalue weighted by Crippen LogP contribution is -2.34. The molecule has 1 aromatic heterocycles. The third kappa shape index (κ3) is 3.39. The van der Waals surface area contributed by atoms with E-state index >= 15 is 0 Å². The first-order valence-corrected chi connectivity index (χ1v) is 5.99. The number of nitrogens with two attached hydrogens (primary N) is 1. The maximum Gasteiger partial charge on any atom is 0.213 e. The maximum atomic E-state index is 8.93. The highest BCUT2D eigenvalue weighted by molar-refractivity contribution is 5.20. The molecule has 17 heavy (non-hydrogen) atoms. The maximum absolute atomic E-state index is 8.93. The lowest BCUT2D eigenvalue weighted by molar-refractivity contribution is 0.156. The Labute approximate surface area is 101 Å². The summed E-state index contributed by atoms with van der Waals surface area (Å²) in [7, 11) is 0. The highest BCUT2D eigenvalue weighted by Gasteiger charge is 2.15. The third-order valence-corrected chi connectivity index (χ3v) is 2.96. The van der Waals surface area contributed by atoms with Gasteiger partial charge in [-0.3, -0.25) is 0 Å². The second kappa shape index (κ2) is 5.95. The number of rotatable bonds is 4. The molecule has 1 aliphatic heterocycles. The van der Waals surface area contributed by atoms with Gasteiger partial charge in [0.2, 0.25) is 5.88 Å². The highest BCUT2D eigenvalue weighted by Crippen LogP contribution is 2.16. The van der Waals surface area contributed by atoms with Crippen LogP contribution in [0.25, 0.3) is 0 Å². The van der Waals surface area contributed by atoms with Gasteiger partial charge in [-0.2, -0.15) is 0 Å². The van der Waals surface area contributed by atoms with Crippen molar-refractivity contribution < 1.29 is 9.84 Å². The molecule has 1 fully saturated rings. The minimum Gasteiger partial charge on any atom is -0.474 e. The summed E-state index contributed by atoms with van der Waals surface area (Å²) in [6.45, 7) is 1.92. The average molecular weight is 237 g/mol. The van der Waals surface area contributed by atoms with Gasteiger partial charge in [0.05, 0.1) is 12.6 Å². The van der Waals surface area contributed by atoms with Crippen molar-refractivity contribution in [1.29, 1.82) is 0 Å². The summed E-state index contributed by atoms with van der Waals surface area (Å²) in [5.41, 5.74) is 6.51. The zero-order valence-electron chi connectivity index (χ0n) is 9.80. The Morgan fingerprint density at radius 2 is 2.24 bits per heavy atom. The quantitative estimate of drug-likeness (QED) is 0.697. The van der Waals surface area contributed by atoms with E-state index in [1.54, 1.807) is 6.20 Å². The third-order valence-electron chi connectivity index (χ3n) is 2.96. The van der Waals surface area contributed by atoms with Crippen LogP contribution in [0.15, 0.2) is 18.3 Å². The van der Waals surface area contributed by atoms with E-state index in [4.69, 9.17) is 15.6 Å². The van der Waals surface area contributed by atoms with Crippen LogP contribution in [0, 0.1) is 0 Å². The van der Waals surface area contributed by atoms with Gasteiger partial charge in [-0.05, 0) is 31.5 Å². The first-order chi connectivity index (χ1) is 8.29. The standard InChI is InChI=1S/C12H19N3O2/c13-11(8-16)9-1-2-12(15-7-9)17-10-3-5-14-6-4-10/h1-2,7,10-11,14,16H,3-6,8,13H2/t11-/m0/s1. The number of hydrogen-bond donors (Lipinski definition) is 3. The molecule has 5 nitrogen and oxygen atoms in total. The Hall–Kier alpha value is -1.17. The molecule has 4 N–H and O–H groups in total. The molecule has 0 unspecified atom stereocenters. The molecular weight excluding hydrogens is 218 g/mol. The predicted molar refractivity (Wildman–Crippen MR) is 64.8 cm³/mol. The van der Waals surface area contributed by atoms with Gasteiger partial charge in [-0.15, -0.1) is 0 Å². The molecule has 0 saturated carbocycles. The van der Waals surface area contributed by atoms with E-state index in [1.807, 2.05) is 12.1 Å². The van der Waals surface area contributed by atoms with Crippen LogP contribution in [-0.2, 0) is 0 Å². The fourth-order valence-electron chi connectivity index (χ4n) is 1.87. The zero-order chi connectivity index (χ0) is 12.1. The number of nitrogens with one attached hydrogen (secondary N) is 1. The topological polar surface area (TPSA) is 80.4 Å². The average Bonchev–Trinajstić information content (AvgIpc) is 2.40. The number of ether oxygens (including phenoxy) is 1. The van der Waals surface area contributed by atoms with Crippen LogP contribution in [0.2, 0.25) is 0 Å². The molecule has 0 aliphatic carbocycles. The smallest absolute Gasteiger partial charge is 0.213 e. The summed E-state index contributed by atoms with van der Waals surface area (Å²) in [6, 6.07) is 3.30. The van der Waals surface area contributed by atoms with Crippen molar-refractivity contribution >= 4 is 0 Å². The molecule has 0 radical (unpaired) electrons. The molecule has 1 aromatic rings. The normalized spacial score (nSPS) is 18.9. The molecule has 5 heteroatoms. The lowest BCUT2D eigenvalue weighted by atomic mass is 10.1. The minimum atomic E-state index is -0.365. The summed E-state index contributed by atoms with van der Waals surface area (Å²) >= 11 is 0. The number of nitrogens with zero attached hydrogens (tertiary/aromatic N) is 1. The number of aliphatic hydroxyl groups excluding tert-OH is 1. The number of aliphatic hydroxyl groups is 1. The molecule has 94 valence electrons. The van der Waals surface area contributed by atoms with Crippen LogP contribution in [0.1, 0.15) is 24.4 Å². The van der Waals surface area contributed by atoms with Gasteiger partial charge >= 0.3 is 0 Å². The van der Waals surface area contributed by atoms with Crippen molar-refractivity contribution in [2.24, 2.45) is 5.73 Å². The van der Waals surface area contributed by atoms with E-state index in [9.17, 15) is 0 Å². The van der Waals surface area contributed by atoms with Crippen LogP contribution in [0.3, 0.4) is 0 Å². The van der Waals surface area contributed by atoms with Crippen molar-refractivity contribution in [3.8, 4) is 5.88 Å². The van der Waals surface area contributed by atoms with E-state index in [0.717, 1.165) is 31.5 Å². The molecule has 1 saturated heterocycles. The van der Waals surface area contributed by atoms with Gasteiger partial charge in [0, 0.05) is 12.3 Å². The Kier molecular flexibility index (Phi) is 4.30. The van der Waals surface area contributed by atoms with E-state index in [0.29, 0.717) is 5.88 Å².